The van der Waals surface area contributed by atoms with Gasteiger partial charge in [-0.3, -0.25) is 4.99 Å². The van der Waals surface area contributed by atoms with E-state index in [0.717, 1.165) is 69.9 Å². The minimum absolute atomic E-state index is 0. The third-order valence-electron chi connectivity index (χ3n) is 5.86. The summed E-state index contributed by atoms with van der Waals surface area (Å²) in [5.41, 5.74) is 0. The molecule has 3 heterocycles. The molecule has 27 heavy (non-hydrogen) atoms. The van der Waals surface area contributed by atoms with E-state index in [2.05, 4.69) is 34.0 Å². The van der Waals surface area contributed by atoms with Crippen molar-refractivity contribution < 1.29 is 9.47 Å². The van der Waals surface area contributed by atoms with Crippen LogP contribution >= 0.6 is 24.0 Å². The van der Waals surface area contributed by atoms with Gasteiger partial charge in [0.15, 0.2) is 5.96 Å². The molecular weight excluding hydrogens is 455 g/mol. The van der Waals surface area contributed by atoms with E-state index in [1.165, 1.54) is 26.1 Å². The fraction of sp³-hybridized carbons (Fsp3) is 0.950. The maximum absolute atomic E-state index is 5.96. The van der Waals surface area contributed by atoms with Gasteiger partial charge in [-0.1, -0.05) is 13.8 Å². The van der Waals surface area contributed by atoms with E-state index < -0.39 is 0 Å². The maximum atomic E-state index is 5.96. The summed E-state index contributed by atoms with van der Waals surface area (Å²) in [4.78, 5) is 9.47. The second-order valence-corrected chi connectivity index (χ2v) is 8.44. The van der Waals surface area contributed by atoms with Crippen molar-refractivity contribution in [3.8, 4) is 0 Å². The summed E-state index contributed by atoms with van der Waals surface area (Å²) in [6.07, 6.45) is 5.27. The largest absolute Gasteiger partial charge is 0.375 e. The molecule has 0 aliphatic carbocycles. The Morgan fingerprint density at radius 2 is 1.81 bits per heavy atom. The molecule has 0 amide bonds. The van der Waals surface area contributed by atoms with Crippen molar-refractivity contribution in [3.05, 3.63) is 0 Å². The lowest BCUT2D eigenvalue weighted by atomic mass is 9.92. The number of likely N-dealkylation sites (tertiary alicyclic amines) is 1. The number of halogens is 1. The summed E-state index contributed by atoms with van der Waals surface area (Å²) in [5.74, 6) is 2.68. The molecule has 0 aromatic heterocycles. The van der Waals surface area contributed by atoms with E-state index in [1.54, 1.807) is 0 Å². The second-order valence-electron chi connectivity index (χ2n) is 8.44. The monoisotopic (exact) mass is 494 g/mol. The predicted octanol–water partition coefficient (Wildman–Crippen LogP) is 2.43. The van der Waals surface area contributed by atoms with Gasteiger partial charge < -0.3 is 24.6 Å². The van der Waals surface area contributed by atoms with Crippen molar-refractivity contribution in [1.82, 2.24) is 15.1 Å². The van der Waals surface area contributed by atoms with E-state index in [9.17, 15) is 0 Å². The number of nitrogens with one attached hydrogen (secondary N) is 1. The van der Waals surface area contributed by atoms with Gasteiger partial charge in [0, 0.05) is 46.4 Å². The standard InChI is InChI=1S/C20H38N4O2.HI/c1-16-12-17(2)14-23(13-16)8-5-7-22-20(21-3)24-9-11-26-19(15-24)18-6-4-10-25-18;/h16-19H,4-15H2,1-3H3,(H,21,22);1H. The first-order valence-electron chi connectivity index (χ1n) is 10.6. The van der Waals surface area contributed by atoms with E-state index in [4.69, 9.17) is 9.47 Å². The molecule has 7 heteroatoms. The molecule has 3 aliphatic rings. The molecule has 3 fully saturated rings. The van der Waals surface area contributed by atoms with Crippen LogP contribution < -0.4 is 5.32 Å². The Bertz CT molecular complexity index is 449. The Kier molecular flexibility index (Phi) is 10.1. The SMILES string of the molecule is CN=C(NCCCN1CC(C)CC(C)C1)N1CCOC(C2CCCO2)C1.I. The first-order valence-corrected chi connectivity index (χ1v) is 10.6. The molecule has 0 saturated carbocycles. The lowest BCUT2D eigenvalue weighted by Crippen LogP contribution is -2.53. The zero-order valence-electron chi connectivity index (χ0n) is 17.4. The number of ether oxygens (including phenoxy) is 2. The van der Waals surface area contributed by atoms with Gasteiger partial charge in [0.05, 0.1) is 12.7 Å². The minimum atomic E-state index is 0. The van der Waals surface area contributed by atoms with Gasteiger partial charge >= 0.3 is 0 Å². The minimum Gasteiger partial charge on any atom is -0.375 e. The molecule has 3 rings (SSSR count). The average molecular weight is 494 g/mol. The topological polar surface area (TPSA) is 49.3 Å². The van der Waals surface area contributed by atoms with Crippen LogP contribution in [-0.4, -0.2) is 87.5 Å². The maximum Gasteiger partial charge on any atom is 0.193 e. The van der Waals surface area contributed by atoms with Crippen molar-refractivity contribution in [2.75, 3.05) is 59.5 Å². The molecule has 158 valence electrons. The fourth-order valence-corrected chi connectivity index (χ4v) is 4.80. The van der Waals surface area contributed by atoms with Gasteiger partial charge in [0.25, 0.3) is 0 Å². The second kappa shape index (κ2) is 11.8. The van der Waals surface area contributed by atoms with Gasteiger partial charge in [0.1, 0.15) is 6.10 Å². The van der Waals surface area contributed by atoms with E-state index in [1.807, 2.05) is 7.05 Å². The van der Waals surface area contributed by atoms with Crippen molar-refractivity contribution in [1.29, 1.82) is 0 Å². The molecule has 0 spiro atoms. The van der Waals surface area contributed by atoms with Crippen LogP contribution in [0, 0.1) is 11.8 Å². The van der Waals surface area contributed by atoms with Gasteiger partial charge in [-0.25, -0.2) is 0 Å². The molecule has 4 atom stereocenters. The first kappa shape index (κ1) is 23.2. The van der Waals surface area contributed by atoms with Crippen molar-refractivity contribution in [2.24, 2.45) is 16.8 Å². The fourth-order valence-electron chi connectivity index (χ4n) is 4.80. The highest BCUT2D eigenvalue weighted by atomic mass is 127. The van der Waals surface area contributed by atoms with Crippen molar-refractivity contribution in [3.63, 3.8) is 0 Å². The number of guanidine groups is 1. The van der Waals surface area contributed by atoms with Crippen LogP contribution in [0.2, 0.25) is 0 Å². The summed E-state index contributed by atoms with van der Waals surface area (Å²) >= 11 is 0. The molecule has 3 saturated heterocycles. The highest BCUT2D eigenvalue weighted by molar-refractivity contribution is 14.0. The molecule has 0 radical (unpaired) electrons. The van der Waals surface area contributed by atoms with Crippen LogP contribution in [0.3, 0.4) is 0 Å². The van der Waals surface area contributed by atoms with Gasteiger partial charge in [-0.15, -0.1) is 24.0 Å². The van der Waals surface area contributed by atoms with E-state index >= 15 is 0 Å². The highest BCUT2D eigenvalue weighted by Gasteiger charge is 2.32. The zero-order chi connectivity index (χ0) is 18.4. The van der Waals surface area contributed by atoms with Crippen molar-refractivity contribution in [2.45, 2.75) is 51.7 Å². The summed E-state index contributed by atoms with van der Waals surface area (Å²) in [6, 6.07) is 0. The number of nitrogens with zero attached hydrogens (tertiary/aromatic N) is 3. The van der Waals surface area contributed by atoms with Crippen LogP contribution in [0.4, 0.5) is 0 Å². The molecule has 4 unspecified atom stereocenters. The molecule has 3 aliphatic heterocycles. The van der Waals surface area contributed by atoms with E-state index in [0.29, 0.717) is 0 Å². The molecule has 1 N–H and O–H groups in total. The molecule has 0 aromatic carbocycles. The molecular formula is C20H39IN4O2. The van der Waals surface area contributed by atoms with Gasteiger partial charge in [0.2, 0.25) is 0 Å². The Balaban J connectivity index is 0.00000261. The quantitative estimate of drug-likeness (QED) is 0.276. The van der Waals surface area contributed by atoms with Crippen LogP contribution in [0.5, 0.6) is 0 Å². The first-order chi connectivity index (χ1) is 12.7. The third-order valence-corrected chi connectivity index (χ3v) is 5.86. The number of rotatable bonds is 5. The van der Waals surface area contributed by atoms with Crippen LogP contribution in [0.15, 0.2) is 4.99 Å². The number of morpholine rings is 1. The average Bonchev–Trinajstić information content (AvgIpc) is 3.16. The zero-order valence-corrected chi connectivity index (χ0v) is 19.7. The van der Waals surface area contributed by atoms with Crippen LogP contribution in [-0.2, 0) is 9.47 Å². The predicted molar refractivity (Wildman–Crippen MR) is 121 cm³/mol. The Morgan fingerprint density at radius 1 is 1.07 bits per heavy atom. The number of hydrogen-bond donors (Lipinski definition) is 1. The van der Waals surface area contributed by atoms with Crippen LogP contribution in [0.25, 0.3) is 0 Å². The smallest absolute Gasteiger partial charge is 0.193 e. The summed E-state index contributed by atoms with van der Waals surface area (Å²) in [7, 11) is 1.88. The highest BCUT2D eigenvalue weighted by Crippen LogP contribution is 2.22. The van der Waals surface area contributed by atoms with Crippen LogP contribution in [0.1, 0.15) is 39.5 Å². The van der Waals surface area contributed by atoms with Gasteiger partial charge in [-0.05, 0) is 44.1 Å². The molecule has 6 nitrogen and oxygen atoms in total. The summed E-state index contributed by atoms with van der Waals surface area (Å²) in [5, 5.41) is 3.57. The molecule has 0 bridgehead atoms. The number of hydrogen-bond acceptors (Lipinski definition) is 4. The van der Waals surface area contributed by atoms with Crippen molar-refractivity contribution >= 4 is 29.9 Å². The normalized spacial score (nSPS) is 33.0. The molecule has 0 aromatic rings. The Morgan fingerprint density at radius 3 is 2.48 bits per heavy atom. The summed E-state index contributed by atoms with van der Waals surface area (Å²) in [6.45, 7) is 12.9. The lowest BCUT2D eigenvalue weighted by Gasteiger charge is -2.37. The van der Waals surface area contributed by atoms with Gasteiger partial charge in [-0.2, -0.15) is 0 Å². The number of aliphatic imine (C=N–C) groups is 1. The van der Waals surface area contributed by atoms with E-state index in [-0.39, 0.29) is 36.2 Å². The lowest BCUT2D eigenvalue weighted by molar-refractivity contribution is -0.0816. The third kappa shape index (κ3) is 7.01. The Labute approximate surface area is 182 Å². The Hall–Kier alpha value is -0.120. The number of piperidine rings is 1. The summed E-state index contributed by atoms with van der Waals surface area (Å²) < 4.78 is 11.8.